The van der Waals surface area contributed by atoms with Gasteiger partial charge in [-0.15, -0.1) is 0 Å². The van der Waals surface area contributed by atoms with Gasteiger partial charge >= 0.3 is 0 Å². The SMILES string of the molecule is FC1CNCCC1(F)F. The minimum Gasteiger partial charge on any atom is -0.313 e. The van der Waals surface area contributed by atoms with E-state index in [2.05, 4.69) is 5.32 Å². The maximum Gasteiger partial charge on any atom is 0.281 e. The maximum absolute atomic E-state index is 12.2. The molecule has 0 aliphatic carbocycles. The molecule has 1 unspecified atom stereocenters. The van der Waals surface area contributed by atoms with Crippen LogP contribution in [0.4, 0.5) is 13.2 Å². The zero-order valence-electron chi connectivity index (χ0n) is 4.83. The molecule has 0 radical (unpaired) electrons. The zero-order chi connectivity index (χ0) is 6.91. The van der Waals surface area contributed by atoms with Crippen LogP contribution in [-0.2, 0) is 0 Å². The van der Waals surface area contributed by atoms with Crippen LogP contribution in [0, 0.1) is 0 Å². The first-order valence-corrected chi connectivity index (χ1v) is 2.85. The van der Waals surface area contributed by atoms with E-state index in [0.717, 1.165) is 0 Å². The van der Waals surface area contributed by atoms with Crippen LogP contribution in [0.15, 0.2) is 0 Å². The summed E-state index contributed by atoms with van der Waals surface area (Å²) in [5.74, 6) is -3.09. The summed E-state index contributed by atoms with van der Waals surface area (Å²) in [6.45, 7) is 0.000417. The first kappa shape index (κ1) is 6.86. The quantitative estimate of drug-likeness (QED) is 0.527. The standard InChI is InChI=1S/C5H8F3N/c6-4-3-9-2-1-5(4,7)8/h4,9H,1-3H2. The van der Waals surface area contributed by atoms with Gasteiger partial charge in [-0.3, -0.25) is 0 Å². The summed E-state index contributed by atoms with van der Waals surface area (Å²) in [4.78, 5) is 0. The fourth-order valence-corrected chi connectivity index (χ4v) is 0.790. The third-order valence-electron chi connectivity index (χ3n) is 1.42. The van der Waals surface area contributed by atoms with Crippen LogP contribution in [0.25, 0.3) is 0 Å². The second-order valence-electron chi connectivity index (χ2n) is 2.18. The molecule has 0 aromatic rings. The van der Waals surface area contributed by atoms with E-state index in [0.29, 0.717) is 0 Å². The fraction of sp³-hybridized carbons (Fsp3) is 1.00. The molecule has 0 bridgehead atoms. The Morgan fingerprint density at radius 3 is 2.44 bits per heavy atom. The highest BCUT2D eigenvalue weighted by atomic mass is 19.3. The van der Waals surface area contributed by atoms with Gasteiger partial charge in [0.05, 0.1) is 0 Å². The lowest BCUT2D eigenvalue weighted by Crippen LogP contribution is -2.46. The van der Waals surface area contributed by atoms with Crippen molar-refractivity contribution in [1.82, 2.24) is 5.32 Å². The molecule has 0 spiro atoms. The van der Waals surface area contributed by atoms with Gasteiger partial charge in [-0.25, -0.2) is 13.2 Å². The van der Waals surface area contributed by atoms with Crippen molar-refractivity contribution in [1.29, 1.82) is 0 Å². The van der Waals surface area contributed by atoms with Crippen molar-refractivity contribution in [3.05, 3.63) is 0 Å². The predicted molar refractivity (Wildman–Crippen MR) is 27.3 cm³/mol. The molecule has 0 aromatic heterocycles. The van der Waals surface area contributed by atoms with Gasteiger partial charge < -0.3 is 5.32 Å². The lowest BCUT2D eigenvalue weighted by atomic mass is 10.1. The minimum atomic E-state index is -3.09. The molecule has 1 fully saturated rings. The molecule has 54 valence electrons. The number of alkyl halides is 3. The average Bonchev–Trinajstić information content (AvgIpc) is 1.77. The first-order chi connectivity index (χ1) is 4.13. The second-order valence-corrected chi connectivity index (χ2v) is 2.18. The zero-order valence-corrected chi connectivity index (χ0v) is 4.83. The Balaban J connectivity index is 2.49. The van der Waals surface area contributed by atoms with Gasteiger partial charge in [0.25, 0.3) is 5.92 Å². The third kappa shape index (κ3) is 1.36. The first-order valence-electron chi connectivity index (χ1n) is 2.85. The van der Waals surface area contributed by atoms with E-state index in [-0.39, 0.29) is 19.5 Å². The van der Waals surface area contributed by atoms with Gasteiger partial charge in [0, 0.05) is 19.5 Å². The summed E-state index contributed by atoms with van der Waals surface area (Å²) in [6, 6.07) is 0. The van der Waals surface area contributed by atoms with Crippen LogP contribution >= 0.6 is 0 Å². The number of nitrogens with one attached hydrogen (secondary N) is 1. The summed E-state index contributed by atoms with van der Waals surface area (Å²) in [6.07, 6.45) is -2.38. The molecule has 1 rings (SSSR count). The number of hydrogen-bond donors (Lipinski definition) is 1. The van der Waals surface area contributed by atoms with Crippen LogP contribution in [0.5, 0.6) is 0 Å². The predicted octanol–water partition coefficient (Wildman–Crippen LogP) is 0.953. The minimum absolute atomic E-state index is 0.215. The summed E-state index contributed by atoms with van der Waals surface area (Å²) < 4.78 is 36.5. The van der Waals surface area contributed by atoms with Gasteiger partial charge in [0.15, 0.2) is 6.17 Å². The number of piperidine rings is 1. The molecule has 4 heteroatoms. The second kappa shape index (κ2) is 2.17. The molecule has 0 aromatic carbocycles. The number of halogens is 3. The summed E-state index contributed by atoms with van der Waals surface area (Å²) in [5, 5.41) is 2.54. The Kier molecular flexibility index (Phi) is 1.66. The fourth-order valence-electron chi connectivity index (χ4n) is 0.790. The molecule has 9 heavy (non-hydrogen) atoms. The number of hydrogen-bond acceptors (Lipinski definition) is 1. The lowest BCUT2D eigenvalue weighted by molar-refractivity contribution is -0.0896. The summed E-state index contributed by atoms with van der Waals surface area (Å²) >= 11 is 0. The van der Waals surface area contributed by atoms with Crippen molar-refractivity contribution in [3.8, 4) is 0 Å². The van der Waals surface area contributed by atoms with E-state index >= 15 is 0 Å². The van der Waals surface area contributed by atoms with Crippen LogP contribution in [0.1, 0.15) is 6.42 Å². The van der Waals surface area contributed by atoms with Crippen molar-refractivity contribution in [2.75, 3.05) is 13.1 Å². The molecule has 1 saturated heterocycles. The van der Waals surface area contributed by atoms with Crippen molar-refractivity contribution in [3.63, 3.8) is 0 Å². The van der Waals surface area contributed by atoms with Crippen molar-refractivity contribution >= 4 is 0 Å². The topological polar surface area (TPSA) is 12.0 Å². The molecule has 0 saturated carbocycles. The highest BCUT2D eigenvalue weighted by Crippen LogP contribution is 2.26. The average molecular weight is 139 g/mol. The molecule has 1 atom stereocenters. The monoisotopic (exact) mass is 139 g/mol. The van der Waals surface area contributed by atoms with Gasteiger partial charge in [-0.1, -0.05) is 0 Å². The van der Waals surface area contributed by atoms with Gasteiger partial charge in [-0.2, -0.15) is 0 Å². The van der Waals surface area contributed by atoms with Crippen LogP contribution < -0.4 is 5.32 Å². The number of rotatable bonds is 0. The lowest BCUT2D eigenvalue weighted by Gasteiger charge is -2.25. The Labute approximate surface area is 51.2 Å². The van der Waals surface area contributed by atoms with E-state index in [9.17, 15) is 13.2 Å². The summed E-state index contributed by atoms with van der Waals surface area (Å²) in [5.41, 5.74) is 0. The maximum atomic E-state index is 12.2. The molecular formula is C5H8F3N. The van der Waals surface area contributed by atoms with Gasteiger partial charge in [0.2, 0.25) is 0 Å². The highest BCUT2D eigenvalue weighted by molar-refractivity contribution is 4.83. The van der Waals surface area contributed by atoms with Crippen LogP contribution in [0.3, 0.4) is 0 Å². The summed E-state index contributed by atoms with van der Waals surface area (Å²) in [7, 11) is 0. The molecule has 1 aliphatic rings. The Bertz CT molecular complexity index is 104. The Morgan fingerprint density at radius 2 is 2.11 bits per heavy atom. The normalized spacial score (nSPS) is 34.3. The Hall–Kier alpha value is -0.250. The van der Waals surface area contributed by atoms with E-state index in [4.69, 9.17) is 0 Å². The third-order valence-corrected chi connectivity index (χ3v) is 1.42. The Morgan fingerprint density at radius 1 is 1.44 bits per heavy atom. The smallest absolute Gasteiger partial charge is 0.281 e. The molecular weight excluding hydrogens is 131 g/mol. The molecule has 0 amide bonds. The van der Waals surface area contributed by atoms with Gasteiger partial charge in [-0.05, 0) is 0 Å². The van der Waals surface area contributed by atoms with E-state index in [1.165, 1.54) is 0 Å². The highest BCUT2D eigenvalue weighted by Gasteiger charge is 2.41. The largest absolute Gasteiger partial charge is 0.313 e. The van der Waals surface area contributed by atoms with Crippen molar-refractivity contribution in [2.45, 2.75) is 18.5 Å². The molecule has 1 aliphatic heterocycles. The van der Waals surface area contributed by atoms with Crippen molar-refractivity contribution < 1.29 is 13.2 Å². The van der Waals surface area contributed by atoms with E-state index < -0.39 is 12.1 Å². The molecule has 1 N–H and O–H groups in total. The van der Waals surface area contributed by atoms with E-state index in [1.807, 2.05) is 0 Å². The van der Waals surface area contributed by atoms with E-state index in [1.54, 1.807) is 0 Å². The molecule has 1 nitrogen and oxygen atoms in total. The molecule has 1 heterocycles. The van der Waals surface area contributed by atoms with Gasteiger partial charge in [0.1, 0.15) is 0 Å². The van der Waals surface area contributed by atoms with Crippen LogP contribution in [0.2, 0.25) is 0 Å². The van der Waals surface area contributed by atoms with Crippen molar-refractivity contribution in [2.24, 2.45) is 0 Å². The van der Waals surface area contributed by atoms with Crippen LogP contribution in [-0.4, -0.2) is 25.2 Å².